The first-order chi connectivity index (χ1) is 18.6. The second-order valence-electron chi connectivity index (χ2n) is 9.19. The molecule has 0 radical (unpaired) electrons. The highest BCUT2D eigenvalue weighted by atomic mass is 35.5. The van der Waals surface area contributed by atoms with E-state index in [9.17, 15) is 0 Å². The maximum absolute atomic E-state index is 6.35. The van der Waals surface area contributed by atoms with Gasteiger partial charge in [0.1, 0.15) is 17.5 Å². The molecule has 3 heterocycles. The molecule has 3 aromatic carbocycles. The Labute approximate surface area is 232 Å². The molecule has 1 saturated heterocycles. The number of halogens is 1. The zero-order chi connectivity index (χ0) is 26.1. The van der Waals surface area contributed by atoms with Gasteiger partial charge in [-0.2, -0.15) is 0 Å². The second kappa shape index (κ2) is 10.3. The van der Waals surface area contributed by atoms with Crippen LogP contribution in [-0.2, 0) is 0 Å². The summed E-state index contributed by atoms with van der Waals surface area (Å²) >= 11 is 12.3. The fourth-order valence-corrected chi connectivity index (χ4v) is 5.38. The molecule has 1 N–H and O–H groups in total. The SMILES string of the molecule is Cc1ccc(Oc2ccc(N3C(=S)NC(c4ccccn4)C3c3cccn3-c3cccc(Cl)c3)cc2)cc1. The molecule has 1 fully saturated rings. The van der Waals surface area contributed by atoms with Crippen LogP contribution in [0.1, 0.15) is 29.0 Å². The largest absolute Gasteiger partial charge is 0.457 e. The Morgan fingerprint density at radius 1 is 0.842 bits per heavy atom. The summed E-state index contributed by atoms with van der Waals surface area (Å²) in [5.41, 5.74) is 5.12. The number of ether oxygens (including phenoxy) is 1. The number of nitrogens with zero attached hydrogens (tertiary/aromatic N) is 3. The van der Waals surface area contributed by atoms with E-state index in [0.717, 1.165) is 34.3 Å². The summed E-state index contributed by atoms with van der Waals surface area (Å²) in [5.74, 6) is 1.56. The van der Waals surface area contributed by atoms with E-state index in [0.29, 0.717) is 10.1 Å². The van der Waals surface area contributed by atoms with E-state index < -0.39 is 0 Å². The molecule has 0 amide bonds. The van der Waals surface area contributed by atoms with Gasteiger partial charge in [-0.3, -0.25) is 4.98 Å². The summed E-state index contributed by atoms with van der Waals surface area (Å²) in [5, 5.41) is 4.85. The first kappa shape index (κ1) is 24.2. The first-order valence-electron chi connectivity index (χ1n) is 12.4. The average Bonchev–Trinajstić information content (AvgIpc) is 3.55. The summed E-state index contributed by atoms with van der Waals surface area (Å²) in [4.78, 5) is 6.82. The summed E-state index contributed by atoms with van der Waals surface area (Å²) in [6, 6.07) is 33.7. The van der Waals surface area contributed by atoms with Crippen molar-refractivity contribution in [2.45, 2.75) is 19.0 Å². The molecule has 2 atom stereocenters. The molecule has 0 spiro atoms. The molecule has 0 saturated carbocycles. The Balaban J connectivity index is 1.39. The standard InChI is InChI=1S/C31H25ClN4OS/c1-21-10-14-25(15-11-21)37-26-16-12-23(13-17-26)36-30(29(34-31(36)38)27-8-2-3-18-33-27)28-9-5-19-35(28)24-7-4-6-22(32)20-24/h2-20,29-30H,1H3,(H,34,38). The molecule has 0 aliphatic carbocycles. The highest BCUT2D eigenvalue weighted by Crippen LogP contribution is 2.42. The fraction of sp³-hybridized carbons (Fsp3) is 0.0968. The molecule has 2 unspecified atom stereocenters. The van der Waals surface area contributed by atoms with E-state index >= 15 is 0 Å². The van der Waals surface area contributed by atoms with Gasteiger partial charge in [0.15, 0.2) is 5.11 Å². The number of hydrogen-bond acceptors (Lipinski definition) is 3. The third-order valence-corrected chi connectivity index (χ3v) is 7.19. The first-order valence-corrected chi connectivity index (χ1v) is 13.1. The van der Waals surface area contributed by atoms with Crippen LogP contribution in [0.2, 0.25) is 5.02 Å². The topological polar surface area (TPSA) is 42.3 Å². The van der Waals surface area contributed by atoms with Crippen molar-refractivity contribution in [2.75, 3.05) is 4.90 Å². The van der Waals surface area contributed by atoms with Crippen molar-refractivity contribution in [3.63, 3.8) is 0 Å². The quantitative estimate of drug-likeness (QED) is 0.224. The van der Waals surface area contributed by atoms with E-state index in [1.165, 1.54) is 5.56 Å². The Morgan fingerprint density at radius 2 is 1.61 bits per heavy atom. The average molecular weight is 537 g/mol. The third-order valence-electron chi connectivity index (χ3n) is 6.64. The molecular weight excluding hydrogens is 512 g/mol. The van der Waals surface area contributed by atoms with Gasteiger partial charge in [0, 0.05) is 34.5 Å². The van der Waals surface area contributed by atoms with Gasteiger partial charge in [-0.15, -0.1) is 0 Å². The molecule has 5 aromatic rings. The normalized spacial score (nSPS) is 16.9. The van der Waals surface area contributed by atoms with Gasteiger partial charge in [0.25, 0.3) is 0 Å². The molecule has 1 aliphatic rings. The van der Waals surface area contributed by atoms with Crippen LogP contribution in [-0.4, -0.2) is 14.7 Å². The minimum atomic E-state index is -0.157. The van der Waals surface area contributed by atoms with Crippen molar-refractivity contribution in [3.8, 4) is 17.2 Å². The van der Waals surface area contributed by atoms with Crippen LogP contribution in [0.4, 0.5) is 5.69 Å². The lowest BCUT2D eigenvalue weighted by Crippen LogP contribution is -2.30. The van der Waals surface area contributed by atoms with Crippen LogP contribution in [0, 0.1) is 6.92 Å². The van der Waals surface area contributed by atoms with Crippen LogP contribution >= 0.6 is 23.8 Å². The number of nitrogens with one attached hydrogen (secondary N) is 1. The van der Waals surface area contributed by atoms with Crippen molar-refractivity contribution < 1.29 is 4.74 Å². The predicted molar refractivity (Wildman–Crippen MR) is 156 cm³/mol. The molecule has 5 nitrogen and oxygen atoms in total. The molecule has 0 bridgehead atoms. The Hall–Kier alpha value is -4.13. The molecule has 38 heavy (non-hydrogen) atoms. The lowest BCUT2D eigenvalue weighted by molar-refractivity contribution is 0.482. The fourth-order valence-electron chi connectivity index (χ4n) is 4.85. The summed E-state index contributed by atoms with van der Waals surface area (Å²) in [7, 11) is 0. The minimum Gasteiger partial charge on any atom is -0.457 e. The van der Waals surface area contributed by atoms with Gasteiger partial charge >= 0.3 is 0 Å². The number of aryl methyl sites for hydroxylation is 1. The van der Waals surface area contributed by atoms with E-state index in [1.54, 1.807) is 0 Å². The lowest BCUT2D eigenvalue weighted by Gasteiger charge is -2.29. The number of anilines is 1. The van der Waals surface area contributed by atoms with E-state index in [4.69, 9.17) is 28.6 Å². The van der Waals surface area contributed by atoms with Crippen molar-refractivity contribution in [3.05, 3.63) is 137 Å². The third kappa shape index (κ3) is 4.76. The van der Waals surface area contributed by atoms with Crippen molar-refractivity contribution in [1.82, 2.24) is 14.9 Å². The van der Waals surface area contributed by atoms with Gasteiger partial charge in [0.05, 0.1) is 11.7 Å². The Morgan fingerprint density at radius 3 is 2.32 bits per heavy atom. The predicted octanol–water partition coefficient (Wildman–Crippen LogP) is 7.80. The minimum absolute atomic E-state index is 0.153. The van der Waals surface area contributed by atoms with Gasteiger partial charge < -0.3 is 19.5 Å². The zero-order valence-corrected chi connectivity index (χ0v) is 22.2. The van der Waals surface area contributed by atoms with Crippen LogP contribution in [0.5, 0.6) is 11.5 Å². The van der Waals surface area contributed by atoms with Gasteiger partial charge in [0.2, 0.25) is 0 Å². The van der Waals surface area contributed by atoms with Crippen molar-refractivity contribution >= 4 is 34.6 Å². The molecule has 2 aromatic heterocycles. The molecule has 7 heteroatoms. The van der Waals surface area contributed by atoms with Crippen LogP contribution in [0.3, 0.4) is 0 Å². The number of rotatable bonds is 6. The Kier molecular flexibility index (Phi) is 6.58. The molecule has 188 valence electrons. The second-order valence-corrected chi connectivity index (χ2v) is 10.0. The van der Waals surface area contributed by atoms with Crippen LogP contribution in [0.25, 0.3) is 5.69 Å². The lowest BCUT2D eigenvalue weighted by atomic mass is 10.0. The smallest absolute Gasteiger partial charge is 0.174 e. The van der Waals surface area contributed by atoms with E-state index in [2.05, 4.69) is 39.0 Å². The summed E-state index contributed by atoms with van der Waals surface area (Å²) < 4.78 is 8.22. The highest BCUT2D eigenvalue weighted by molar-refractivity contribution is 7.80. The van der Waals surface area contributed by atoms with E-state index in [1.807, 2.05) is 103 Å². The maximum atomic E-state index is 6.35. The zero-order valence-electron chi connectivity index (χ0n) is 20.7. The van der Waals surface area contributed by atoms with Gasteiger partial charge in [-0.05, 0) is 98.0 Å². The van der Waals surface area contributed by atoms with Crippen LogP contribution < -0.4 is 15.0 Å². The molecule has 1 aliphatic heterocycles. The van der Waals surface area contributed by atoms with E-state index in [-0.39, 0.29) is 12.1 Å². The number of benzene rings is 3. The number of pyridine rings is 1. The number of thiocarbonyl (C=S) groups is 1. The molecular formula is C31H25ClN4OS. The van der Waals surface area contributed by atoms with Gasteiger partial charge in [-0.25, -0.2) is 0 Å². The number of hydrogen-bond donors (Lipinski definition) is 1. The van der Waals surface area contributed by atoms with Crippen LogP contribution in [0.15, 0.2) is 116 Å². The number of aromatic nitrogens is 2. The molecule has 6 rings (SSSR count). The van der Waals surface area contributed by atoms with Gasteiger partial charge in [-0.1, -0.05) is 41.4 Å². The maximum Gasteiger partial charge on any atom is 0.174 e. The highest BCUT2D eigenvalue weighted by Gasteiger charge is 2.42. The Bertz CT molecular complexity index is 1570. The summed E-state index contributed by atoms with van der Waals surface area (Å²) in [6.45, 7) is 2.06. The summed E-state index contributed by atoms with van der Waals surface area (Å²) in [6.07, 6.45) is 3.86. The van der Waals surface area contributed by atoms with Crippen molar-refractivity contribution in [1.29, 1.82) is 0 Å². The van der Waals surface area contributed by atoms with Crippen molar-refractivity contribution in [2.24, 2.45) is 0 Å². The monoisotopic (exact) mass is 536 g/mol.